The quantitative estimate of drug-likeness (QED) is 0.873. The maximum absolute atomic E-state index is 12.4. The van der Waals surface area contributed by atoms with Crippen LogP contribution < -0.4 is 5.32 Å². The largest absolute Gasteiger partial charge is 0.354 e. The Hall–Kier alpha value is -2.37. The van der Waals surface area contributed by atoms with Gasteiger partial charge in [0.25, 0.3) is 5.91 Å². The van der Waals surface area contributed by atoms with E-state index in [2.05, 4.69) is 15.5 Å². The highest BCUT2D eigenvalue weighted by Crippen LogP contribution is 2.16. The normalized spacial score (nSPS) is 10.9. The Balaban J connectivity index is 2.04. The standard InChI is InChI=1S/C15H20N4O2/c1-10(2)8-16-13(20)9-19(3)15(21)14-11-6-4-5-7-12(11)17-18-14/h4-7,10H,8-9H2,1-3H3,(H,16,20)(H,17,18). The van der Waals surface area contributed by atoms with Crippen LogP contribution in [-0.4, -0.2) is 47.0 Å². The predicted molar refractivity (Wildman–Crippen MR) is 80.9 cm³/mol. The van der Waals surface area contributed by atoms with E-state index in [0.717, 1.165) is 10.9 Å². The smallest absolute Gasteiger partial charge is 0.275 e. The average molecular weight is 288 g/mol. The van der Waals surface area contributed by atoms with Gasteiger partial charge >= 0.3 is 0 Å². The van der Waals surface area contributed by atoms with Gasteiger partial charge in [-0.15, -0.1) is 0 Å². The molecule has 2 rings (SSSR count). The Morgan fingerprint density at radius 1 is 1.33 bits per heavy atom. The molecule has 1 aromatic heterocycles. The van der Waals surface area contributed by atoms with E-state index < -0.39 is 0 Å². The Morgan fingerprint density at radius 2 is 2.05 bits per heavy atom. The maximum atomic E-state index is 12.4. The van der Waals surface area contributed by atoms with Crippen molar-refractivity contribution in [1.29, 1.82) is 0 Å². The number of fused-ring (bicyclic) bond motifs is 1. The van der Waals surface area contributed by atoms with Crippen LogP contribution in [0.2, 0.25) is 0 Å². The summed E-state index contributed by atoms with van der Waals surface area (Å²) in [7, 11) is 1.60. The number of rotatable bonds is 5. The number of para-hydroxylation sites is 1. The van der Waals surface area contributed by atoms with Crippen molar-refractivity contribution in [3.63, 3.8) is 0 Å². The van der Waals surface area contributed by atoms with E-state index in [0.29, 0.717) is 18.2 Å². The minimum atomic E-state index is -0.271. The van der Waals surface area contributed by atoms with Gasteiger partial charge in [0.05, 0.1) is 12.1 Å². The van der Waals surface area contributed by atoms with Gasteiger partial charge < -0.3 is 10.2 Å². The third-order valence-corrected chi connectivity index (χ3v) is 3.11. The number of amides is 2. The Morgan fingerprint density at radius 3 is 2.76 bits per heavy atom. The lowest BCUT2D eigenvalue weighted by Gasteiger charge is -2.16. The molecule has 0 aliphatic rings. The fourth-order valence-electron chi connectivity index (χ4n) is 1.97. The van der Waals surface area contributed by atoms with Crippen molar-refractivity contribution in [2.24, 2.45) is 5.92 Å². The second kappa shape index (κ2) is 6.39. The first kappa shape index (κ1) is 15.0. The van der Waals surface area contributed by atoms with Crippen molar-refractivity contribution in [1.82, 2.24) is 20.4 Å². The number of benzene rings is 1. The number of aromatic nitrogens is 2. The van der Waals surface area contributed by atoms with Crippen LogP contribution in [0.25, 0.3) is 10.9 Å². The number of carbonyl (C=O) groups is 2. The van der Waals surface area contributed by atoms with E-state index in [9.17, 15) is 9.59 Å². The molecule has 0 bridgehead atoms. The fourth-order valence-corrected chi connectivity index (χ4v) is 1.97. The molecule has 0 aliphatic carbocycles. The summed E-state index contributed by atoms with van der Waals surface area (Å²) in [5.41, 5.74) is 1.14. The van der Waals surface area contributed by atoms with Crippen molar-refractivity contribution in [3.8, 4) is 0 Å². The van der Waals surface area contributed by atoms with Gasteiger partial charge in [0.15, 0.2) is 5.69 Å². The van der Waals surface area contributed by atoms with Crippen molar-refractivity contribution in [3.05, 3.63) is 30.0 Å². The minimum Gasteiger partial charge on any atom is -0.354 e. The van der Waals surface area contributed by atoms with Gasteiger partial charge in [-0.25, -0.2) is 0 Å². The molecule has 112 valence electrons. The maximum Gasteiger partial charge on any atom is 0.275 e. The Kier molecular flexibility index (Phi) is 4.57. The van der Waals surface area contributed by atoms with Gasteiger partial charge in [0.1, 0.15) is 0 Å². The highest BCUT2D eigenvalue weighted by atomic mass is 16.2. The molecule has 0 atom stereocenters. The number of aromatic amines is 1. The van der Waals surface area contributed by atoms with E-state index in [1.807, 2.05) is 38.1 Å². The van der Waals surface area contributed by atoms with Crippen LogP contribution in [0, 0.1) is 5.92 Å². The third-order valence-electron chi connectivity index (χ3n) is 3.11. The summed E-state index contributed by atoms with van der Waals surface area (Å²) in [4.78, 5) is 25.5. The number of H-pyrrole nitrogens is 1. The van der Waals surface area contributed by atoms with Gasteiger partial charge in [-0.2, -0.15) is 5.10 Å². The van der Waals surface area contributed by atoms with Crippen LogP contribution in [0.4, 0.5) is 0 Å². The molecule has 0 unspecified atom stereocenters. The number of nitrogens with one attached hydrogen (secondary N) is 2. The number of nitrogens with zero attached hydrogens (tertiary/aromatic N) is 2. The zero-order chi connectivity index (χ0) is 15.4. The molecule has 1 aromatic carbocycles. The predicted octanol–water partition coefficient (Wildman–Crippen LogP) is 1.41. The van der Waals surface area contributed by atoms with Crippen molar-refractivity contribution in [2.45, 2.75) is 13.8 Å². The van der Waals surface area contributed by atoms with Gasteiger partial charge in [-0.05, 0) is 12.0 Å². The third kappa shape index (κ3) is 3.59. The van der Waals surface area contributed by atoms with Crippen LogP contribution in [0.15, 0.2) is 24.3 Å². The molecule has 0 radical (unpaired) electrons. The van der Waals surface area contributed by atoms with E-state index in [-0.39, 0.29) is 18.4 Å². The van der Waals surface area contributed by atoms with Crippen molar-refractivity contribution in [2.75, 3.05) is 20.1 Å². The highest BCUT2D eigenvalue weighted by molar-refractivity contribution is 6.05. The molecule has 6 nitrogen and oxygen atoms in total. The molecular weight excluding hydrogens is 268 g/mol. The summed E-state index contributed by atoms with van der Waals surface area (Å²) < 4.78 is 0. The summed E-state index contributed by atoms with van der Waals surface area (Å²) in [5.74, 6) is -0.0585. The molecule has 21 heavy (non-hydrogen) atoms. The summed E-state index contributed by atoms with van der Waals surface area (Å²) >= 11 is 0. The van der Waals surface area contributed by atoms with Gasteiger partial charge in [-0.1, -0.05) is 32.0 Å². The van der Waals surface area contributed by atoms with Gasteiger partial charge in [0.2, 0.25) is 5.91 Å². The minimum absolute atomic E-state index is 0.0206. The Bertz CT molecular complexity index is 648. The summed E-state index contributed by atoms with van der Waals surface area (Å²) in [5, 5.41) is 10.4. The first-order chi connectivity index (χ1) is 9.99. The summed E-state index contributed by atoms with van der Waals surface area (Å²) in [6, 6.07) is 7.41. The second-order valence-corrected chi connectivity index (χ2v) is 5.48. The number of carbonyl (C=O) groups excluding carboxylic acids is 2. The lowest BCUT2D eigenvalue weighted by Crippen LogP contribution is -2.39. The van der Waals surface area contributed by atoms with E-state index >= 15 is 0 Å². The molecule has 6 heteroatoms. The first-order valence-electron chi connectivity index (χ1n) is 6.94. The van der Waals surface area contributed by atoms with E-state index in [1.165, 1.54) is 4.90 Å². The fraction of sp³-hybridized carbons (Fsp3) is 0.400. The zero-order valence-corrected chi connectivity index (χ0v) is 12.5. The van der Waals surface area contributed by atoms with Crippen LogP contribution >= 0.6 is 0 Å². The first-order valence-corrected chi connectivity index (χ1v) is 6.94. The van der Waals surface area contributed by atoms with Gasteiger partial charge in [0, 0.05) is 19.0 Å². The molecule has 0 saturated carbocycles. The van der Waals surface area contributed by atoms with Crippen molar-refractivity contribution < 1.29 is 9.59 Å². The molecule has 1 heterocycles. The number of hydrogen-bond donors (Lipinski definition) is 2. The molecule has 0 fully saturated rings. The van der Waals surface area contributed by atoms with Crippen LogP contribution in [0.1, 0.15) is 24.3 Å². The molecule has 0 aliphatic heterocycles. The Labute approximate surface area is 123 Å². The van der Waals surface area contributed by atoms with Gasteiger partial charge in [-0.3, -0.25) is 14.7 Å². The molecular formula is C15H20N4O2. The number of hydrogen-bond acceptors (Lipinski definition) is 3. The van der Waals surface area contributed by atoms with Crippen molar-refractivity contribution >= 4 is 22.7 Å². The summed E-state index contributed by atoms with van der Waals surface area (Å²) in [6.07, 6.45) is 0. The molecule has 2 amide bonds. The average Bonchev–Trinajstić information content (AvgIpc) is 2.88. The lowest BCUT2D eigenvalue weighted by atomic mass is 10.2. The molecule has 2 aromatic rings. The van der Waals surface area contributed by atoms with Crippen LogP contribution in [0.3, 0.4) is 0 Å². The van der Waals surface area contributed by atoms with Crippen LogP contribution in [0.5, 0.6) is 0 Å². The highest BCUT2D eigenvalue weighted by Gasteiger charge is 2.19. The molecule has 0 spiro atoms. The summed E-state index contributed by atoms with van der Waals surface area (Å²) in [6.45, 7) is 4.66. The van der Waals surface area contributed by atoms with E-state index in [4.69, 9.17) is 0 Å². The zero-order valence-electron chi connectivity index (χ0n) is 12.5. The topological polar surface area (TPSA) is 78.1 Å². The SMILES string of the molecule is CC(C)CNC(=O)CN(C)C(=O)c1n[nH]c2ccccc12. The second-order valence-electron chi connectivity index (χ2n) is 5.48. The molecule has 2 N–H and O–H groups in total. The lowest BCUT2D eigenvalue weighted by molar-refractivity contribution is -0.121. The number of likely N-dealkylation sites (N-methyl/N-ethyl adjacent to an activating group) is 1. The molecule has 0 saturated heterocycles. The van der Waals surface area contributed by atoms with Crippen LogP contribution in [-0.2, 0) is 4.79 Å². The monoisotopic (exact) mass is 288 g/mol. The van der Waals surface area contributed by atoms with E-state index in [1.54, 1.807) is 7.05 Å².